The number of halogens is 2. The molecule has 0 unspecified atom stereocenters. The molecule has 0 aliphatic carbocycles. The van der Waals surface area contributed by atoms with Gasteiger partial charge in [0.25, 0.3) is 0 Å². The van der Waals surface area contributed by atoms with Crippen LogP contribution in [-0.2, 0) is 22.7 Å². The summed E-state index contributed by atoms with van der Waals surface area (Å²) < 4.78 is 42.7. The van der Waals surface area contributed by atoms with E-state index in [1.54, 1.807) is 6.20 Å². The molecule has 0 saturated carbocycles. The Hall–Kier alpha value is -3.50. The van der Waals surface area contributed by atoms with Gasteiger partial charge in [0.2, 0.25) is 5.95 Å². The molecule has 200 valence electrons. The van der Waals surface area contributed by atoms with Crippen molar-refractivity contribution in [2.75, 3.05) is 50.0 Å². The van der Waals surface area contributed by atoms with Crippen LogP contribution in [-0.4, -0.2) is 65.3 Å². The number of nitrogen functional groups attached to an aromatic ring is 1. The van der Waals surface area contributed by atoms with Gasteiger partial charge in [-0.1, -0.05) is 0 Å². The quantitative estimate of drug-likeness (QED) is 0.406. The summed E-state index contributed by atoms with van der Waals surface area (Å²) in [5.74, 6) is -0.730. The lowest BCUT2D eigenvalue weighted by Crippen LogP contribution is -2.39. The summed E-state index contributed by atoms with van der Waals surface area (Å²) >= 11 is 0.956. The highest BCUT2D eigenvalue weighted by Gasteiger charge is 2.32. The third-order valence-electron chi connectivity index (χ3n) is 7.95. The molecule has 0 amide bonds. The first-order valence-corrected chi connectivity index (χ1v) is 13.8. The van der Waals surface area contributed by atoms with Gasteiger partial charge in [-0.05, 0) is 24.0 Å². The molecule has 4 aromatic rings. The van der Waals surface area contributed by atoms with Gasteiger partial charge in [-0.25, -0.2) is 18.7 Å². The molecular weight excluding hydrogens is 524 g/mol. The van der Waals surface area contributed by atoms with E-state index in [2.05, 4.69) is 19.8 Å². The maximum absolute atomic E-state index is 16.5. The van der Waals surface area contributed by atoms with Gasteiger partial charge in [0, 0.05) is 61.4 Å². The molecule has 3 aromatic heterocycles. The number of thiophene rings is 1. The lowest BCUT2D eigenvalue weighted by atomic mass is 9.94. The van der Waals surface area contributed by atoms with Gasteiger partial charge in [0.05, 0.1) is 42.0 Å². The number of hydrogen-bond acceptors (Lipinski definition) is 10. The van der Waals surface area contributed by atoms with Gasteiger partial charge >= 0.3 is 0 Å². The third-order valence-corrected chi connectivity index (χ3v) is 8.98. The van der Waals surface area contributed by atoms with E-state index in [1.807, 2.05) is 6.07 Å². The molecule has 0 bridgehead atoms. The number of aromatic nitrogens is 3. The first kappa shape index (κ1) is 24.5. The van der Waals surface area contributed by atoms with Gasteiger partial charge in [-0.15, -0.1) is 11.3 Å². The molecule has 3 aliphatic heterocycles. The summed E-state index contributed by atoms with van der Waals surface area (Å²) in [5, 5.41) is 10.7. The Bertz CT molecular complexity index is 1660. The van der Waals surface area contributed by atoms with E-state index in [-0.39, 0.29) is 50.6 Å². The van der Waals surface area contributed by atoms with Gasteiger partial charge in [0.1, 0.15) is 16.6 Å². The second-order valence-corrected chi connectivity index (χ2v) is 11.1. The summed E-state index contributed by atoms with van der Waals surface area (Å²) in [6.45, 7) is 5.39. The van der Waals surface area contributed by atoms with E-state index >= 15 is 4.39 Å². The van der Waals surface area contributed by atoms with E-state index in [0.717, 1.165) is 75.3 Å². The van der Waals surface area contributed by atoms with Crippen molar-refractivity contribution >= 4 is 43.3 Å². The van der Waals surface area contributed by atoms with Gasteiger partial charge in [-0.3, -0.25) is 9.88 Å². The molecular formula is C27H25F2N7O2S. The Morgan fingerprint density at radius 1 is 1.08 bits per heavy atom. The molecule has 7 rings (SSSR count). The van der Waals surface area contributed by atoms with Crippen molar-refractivity contribution < 1.29 is 18.3 Å². The highest BCUT2D eigenvalue weighted by Crippen LogP contribution is 2.45. The zero-order valence-corrected chi connectivity index (χ0v) is 21.9. The normalized spacial score (nSPS) is 20.0. The van der Waals surface area contributed by atoms with Crippen LogP contribution in [0.3, 0.4) is 0 Å². The van der Waals surface area contributed by atoms with Crippen LogP contribution in [0.1, 0.15) is 29.5 Å². The summed E-state index contributed by atoms with van der Waals surface area (Å²) in [7, 11) is 0. The maximum atomic E-state index is 16.5. The fraction of sp³-hybridized carbons (Fsp3) is 0.407. The smallest absolute Gasteiger partial charge is 0.226 e. The van der Waals surface area contributed by atoms with Crippen LogP contribution in [0.15, 0.2) is 12.4 Å². The molecule has 6 heterocycles. The minimum atomic E-state index is -0.606. The first-order chi connectivity index (χ1) is 19.0. The molecule has 2 N–H and O–H groups in total. The first-order valence-electron chi connectivity index (χ1n) is 13.0. The number of anilines is 2. The van der Waals surface area contributed by atoms with Crippen molar-refractivity contribution in [3.63, 3.8) is 0 Å². The Morgan fingerprint density at radius 2 is 1.95 bits per heavy atom. The average molecular weight is 550 g/mol. The van der Waals surface area contributed by atoms with Crippen molar-refractivity contribution in [1.82, 2.24) is 19.9 Å². The minimum absolute atomic E-state index is 0.0922. The highest BCUT2D eigenvalue weighted by atomic mass is 32.1. The number of benzene rings is 1. The second kappa shape index (κ2) is 9.60. The van der Waals surface area contributed by atoms with Crippen molar-refractivity contribution in [1.29, 1.82) is 5.26 Å². The largest absolute Gasteiger partial charge is 0.389 e. The summed E-state index contributed by atoms with van der Waals surface area (Å²) in [6.07, 6.45) is 4.70. The molecule has 0 spiro atoms. The Balaban J connectivity index is 1.35. The molecule has 1 atom stereocenters. The molecule has 2 saturated heterocycles. The SMILES string of the molecule is N#Cc1c(N)sc2c(F)cnc(-c3c4c(c5cnc(N6CC[C@@H](N7CCCOCC7)C6)nc5c3F)COC4)c12. The van der Waals surface area contributed by atoms with E-state index < -0.39 is 11.6 Å². The van der Waals surface area contributed by atoms with Crippen LogP contribution in [0.4, 0.5) is 19.7 Å². The van der Waals surface area contributed by atoms with E-state index in [1.165, 1.54) is 0 Å². The van der Waals surface area contributed by atoms with Crippen LogP contribution in [0, 0.1) is 23.0 Å². The number of nitrogens with two attached hydrogens (primary N) is 1. The van der Waals surface area contributed by atoms with Gasteiger partial charge in [-0.2, -0.15) is 5.26 Å². The predicted octanol–water partition coefficient (Wildman–Crippen LogP) is 3.97. The maximum Gasteiger partial charge on any atom is 0.226 e. The van der Waals surface area contributed by atoms with Crippen LogP contribution in [0.2, 0.25) is 0 Å². The molecule has 1 aromatic carbocycles. The number of nitrogens with zero attached hydrogens (tertiary/aromatic N) is 6. The predicted molar refractivity (Wildman–Crippen MR) is 143 cm³/mol. The standard InChI is InChI=1S/C27H25F2N7O2S/c28-19-10-32-24(21-15(8-30)26(31)39-25(19)21)20-18-13-38-12-17(18)16-9-33-27(34-23(16)22(20)29)36-4-2-14(11-36)35-3-1-6-37-7-5-35/h9-10,14H,1-7,11-13,31H2/t14-/m1/s1. The molecule has 0 radical (unpaired) electrons. The molecule has 3 aliphatic rings. The van der Waals surface area contributed by atoms with Crippen LogP contribution in [0.25, 0.3) is 32.2 Å². The monoisotopic (exact) mass is 549 g/mol. The third kappa shape index (κ3) is 3.91. The Labute approximate surface area is 226 Å². The number of fused-ring (bicyclic) bond motifs is 4. The zero-order valence-electron chi connectivity index (χ0n) is 21.0. The van der Waals surface area contributed by atoms with Crippen LogP contribution >= 0.6 is 11.3 Å². The number of ether oxygens (including phenoxy) is 2. The fourth-order valence-corrected chi connectivity index (χ4v) is 6.96. The van der Waals surface area contributed by atoms with Gasteiger partial charge in [0.15, 0.2) is 11.6 Å². The molecule has 12 heteroatoms. The lowest BCUT2D eigenvalue weighted by molar-refractivity contribution is 0.134. The second-order valence-electron chi connectivity index (χ2n) is 10.1. The highest BCUT2D eigenvalue weighted by molar-refractivity contribution is 7.23. The number of pyridine rings is 1. The Kier molecular flexibility index (Phi) is 6.04. The summed E-state index contributed by atoms with van der Waals surface area (Å²) in [4.78, 5) is 18.2. The number of nitriles is 1. The van der Waals surface area contributed by atoms with Crippen LogP contribution in [0.5, 0.6) is 0 Å². The Morgan fingerprint density at radius 3 is 2.82 bits per heavy atom. The van der Waals surface area contributed by atoms with Crippen molar-refractivity contribution in [3.05, 3.63) is 40.7 Å². The minimum Gasteiger partial charge on any atom is -0.389 e. The van der Waals surface area contributed by atoms with E-state index in [9.17, 15) is 9.65 Å². The van der Waals surface area contributed by atoms with Crippen molar-refractivity contribution in [3.8, 4) is 17.3 Å². The number of hydrogen-bond donors (Lipinski definition) is 1. The molecule has 2 fully saturated rings. The summed E-state index contributed by atoms with van der Waals surface area (Å²) in [6, 6.07) is 2.41. The number of rotatable bonds is 3. The van der Waals surface area contributed by atoms with E-state index in [4.69, 9.17) is 20.2 Å². The zero-order chi connectivity index (χ0) is 26.7. The average Bonchev–Trinajstić information content (AvgIpc) is 3.65. The topological polar surface area (TPSA) is 113 Å². The van der Waals surface area contributed by atoms with Gasteiger partial charge < -0.3 is 20.1 Å². The lowest BCUT2D eigenvalue weighted by Gasteiger charge is -2.26. The summed E-state index contributed by atoms with van der Waals surface area (Å²) in [5.41, 5.74) is 8.00. The van der Waals surface area contributed by atoms with E-state index in [0.29, 0.717) is 22.9 Å². The van der Waals surface area contributed by atoms with Crippen molar-refractivity contribution in [2.45, 2.75) is 32.1 Å². The molecule has 9 nitrogen and oxygen atoms in total. The molecule has 39 heavy (non-hydrogen) atoms. The fourth-order valence-electron chi connectivity index (χ4n) is 6.04. The van der Waals surface area contributed by atoms with Crippen LogP contribution < -0.4 is 10.6 Å². The van der Waals surface area contributed by atoms with Crippen molar-refractivity contribution in [2.24, 2.45) is 0 Å².